The maximum absolute atomic E-state index is 12.4. The van der Waals surface area contributed by atoms with Gasteiger partial charge in [-0.25, -0.2) is 0 Å². The fourth-order valence-corrected chi connectivity index (χ4v) is 3.35. The molecular formula is C16H18N2O3S. The van der Waals surface area contributed by atoms with Crippen LogP contribution in [0.4, 0.5) is 0 Å². The van der Waals surface area contributed by atoms with E-state index in [-0.39, 0.29) is 18.2 Å². The van der Waals surface area contributed by atoms with E-state index in [1.54, 1.807) is 6.08 Å². The number of nitrogens with one attached hydrogen (secondary N) is 2. The van der Waals surface area contributed by atoms with Gasteiger partial charge in [0, 0.05) is 6.42 Å². The standard InChI is InChI=1S/C16H18N2O3S/c1-3-5-6-10-9-22-14(11(10)4-2)16(21)17-12-7-8-13(19)18-15(12)20/h3,5-6,9,12H,1,4,7-8H2,2H3,(H,17,21)(H,18,19,20)/b6-5-. The molecule has 0 radical (unpaired) electrons. The SMILES string of the molecule is C=C/C=C\c1csc(C(=O)NC2CCC(=O)NC2=O)c1CC. The van der Waals surface area contributed by atoms with Crippen LogP contribution in [-0.2, 0) is 16.0 Å². The van der Waals surface area contributed by atoms with Crippen molar-refractivity contribution in [1.82, 2.24) is 10.6 Å². The molecule has 1 atom stereocenters. The van der Waals surface area contributed by atoms with Crippen LogP contribution in [0.1, 0.15) is 40.6 Å². The third kappa shape index (κ3) is 3.51. The number of amides is 3. The third-order valence-electron chi connectivity index (χ3n) is 3.44. The first-order valence-corrected chi connectivity index (χ1v) is 7.98. The second kappa shape index (κ2) is 7.17. The molecule has 2 rings (SSSR count). The maximum atomic E-state index is 12.4. The van der Waals surface area contributed by atoms with Crippen molar-refractivity contribution in [2.45, 2.75) is 32.2 Å². The summed E-state index contributed by atoms with van der Waals surface area (Å²) in [7, 11) is 0. The first kappa shape index (κ1) is 16.2. The Kier molecular flexibility index (Phi) is 5.27. The van der Waals surface area contributed by atoms with Crippen LogP contribution in [0.25, 0.3) is 6.08 Å². The molecule has 0 spiro atoms. The van der Waals surface area contributed by atoms with Crippen molar-refractivity contribution < 1.29 is 14.4 Å². The fourth-order valence-electron chi connectivity index (χ4n) is 2.32. The number of rotatable bonds is 5. The lowest BCUT2D eigenvalue weighted by Gasteiger charge is -2.21. The van der Waals surface area contributed by atoms with E-state index in [0.717, 1.165) is 17.5 Å². The van der Waals surface area contributed by atoms with Gasteiger partial charge in [-0.1, -0.05) is 31.7 Å². The van der Waals surface area contributed by atoms with Crippen LogP contribution in [0.2, 0.25) is 0 Å². The normalized spacial score (nSPS) is 18.3. The van der Waals surface area contributed by atoms with Crippen molar-refractivity contribution in [2.75, 3.05) is 0 Å². The number of allylic oxidation sites excluding steroid dienone is 2. The monoisotopic (exact) mass is 318 g/mol. The van der Waals surface area contributed by atoms with Crippen molar-refractivity contribution in [1.29, 1.82) is 0 Å². The summed E-state index contributed by atoms with van der Waals surface area (Å²) in [6.07, 6.45) is 6.72. The molecule has 1 aliphatic heterocycles. The number of carbonyl (C=O) groups is 3. The van der Waals surface area contributed by atoms with Gasteiger partial charge in [0.2, 0.25) is 11.8 Å². The third-order valence-corrected chi connectivity index (χ3v) is 4.48. The zero-order valence-electron chi connectivity index (χ0n) is 12.3. The molecule has 1 aromatic heterocycles. The van der Waals surface area contributed by atoms with Gasteiger partial charge >= 0.3 is 0 Å². The highest BCUT2D eigenvalue weighted by molar-refractivity contribution is 7.12. The minimum absolute atomic E-state index is 0.245. The number of imide groups is 1. The molecule has 0 aromatic carbocycles. The predicted octanol–water partition coefficient (Wildman–Crippen LogP) is 2.04. The predicted molar refractivity (Wildman–Crippen MR) is 86.6 cm³/mol. The van der Waals surface area contributed by atoms with E-state index in [4.69, 9.17) is 0 Å². The molecule has 6 heteroatoms. The van der Waals surface area contributed by atoms with Gasteiger partial charge in [-0.05, 0) is 29.3 Å². The van der Waals surface area contributed by atoms with Crippen LogP contribution in [-0.4, -0.2) is 23.8 Å². The van der Waals surface area contributed by atoms with Crippen molar-refractivity contribution in [3.8, 4) is 0 Å². The van der Waals surface area contributed by atoms with Crippen molar-refractivity contribution in [2.24, 2.45) is 0 Å². The molecule has 1 aromatic rings. The molecule has 1 aliphatic rings. The van der Waals surface area contributed by atoms with Crippen LogP contribution >= 0.6 is 11.3 Å². The lowest BCUT2D eigenvalue weighted by atomic mass is 10.0. The average molecular weight is 318 g/mol. The van der Waals surface area contributed by atoms with Crippen LogP contribution < -0.4 is 10.6 Å². The second-order valence-electron chi connectivity index (χ2n) is 4.92. The molecule has 2 N–H and O–H groups in total. The molecule has 0 saturated carbocycles. The molecule has 3 amide bonds. The molecule has 1 unspecified atom stereocenters. The zero-order valence-corrected chi connectivity index (χ0v) is 13.2. The Morgan fingerprint density at radius 3 is 2.95 bits per heavy atom. The van der Waals surface area contributed by atoms with Crippen LogP contribution in [0, 0.1) is 0 Å². The lowest BCUT2D eigenvalue weighted by molar-refractivity contribution is -0.134. The number of hydrogen-bond donors (Lipinski definition) is 2. The zero-order chi connectivity index (χ0) is 16.1. The van der Waals surface area contributed by atoms with Gasteiger partial charge in [0.25, 0.3) is 5.91 Å². The highest BCUT2D eigenvalue weighted by Gasteiger charge is 2.29. The minimum atomic E-state index is -0.649. The number of carbonyl (C=O) groups excluding carboxylic acids is 3. The average Bonchev–Trinajstić information content (AvgIpc) is 2.90. The van der Waals surface area contributed by atoms with Gasteiger partial charge in [-0.3, -0.25) is 19.7 Å². The van der Waals surface area contributed by atoms with E-state index in [1.807, 2.05) is 24.5 Å². The lowest BCUT2D eigenvalue weighted by Crippen LogP contribution is -2.52. The highest BCUT2D eigenvalue weighted by Crippen LogP contribution is 2.25. The van der Waals surface area contributed by atoms with Gasteiger partial charge < -0.3 is 5.32 Å². The maximum Gasteiger partial charge on any atom is 0.262 e. The Labute approximate surface area is 133 Å². The number of thiophene rings is 1. The summed E-state index contributed by atoms with van der Waals surface area (Å²) in [6.45, 7) is 5.61. The summed E-state index contributed by atoms with van der Waals surface area (Å²) >= 11 is 1.35. The highest BCUT2D eigenvalue weighted by atomic mass is 32.1. The molecule has 2 heterocycles. The van der Waals surface area contributed by atoms with E-state index < -0.39 is 11.9 Å². The topological polar surface area (TPSA) is 75.3 Å². The van der Waals surface area contributed by atoms with Gasteiger partial charge in [0.15, 0.2) is 0 Å². The fraction of sp³-hybridized carbons (Fsp3) is 0.312. The summed E-state index contributed by atoms with van der Waals surface area (Å²) in [6, 6.07) is -0.649. The number of hydrogen-bond acceptors (Lipinski definition) is 4. The van der Waals surface area contributed by atoms with E-state index >= 15 is 0 Å². The molecule has 5 nitrogen and oxygen atoms in total. The van der Waals surface area contributed by atoms with Gasteiger partial charge in [0.1, 0.15) is 6.04 Å². The summed E-state index contributed by atoms with van der Waals surface area (Å²) in [5, 5.41) is 6.86. The Morgan fingerprint density at radius 1 is 1.55 bits per heavy atom. The quantitative estimate of drug-likeness (QED) is 0.644. The molecule has 116 valence electrons. The van der Waals surface area contributed by atoms with Gasteiger partial charge in [0.05, 0.1) is 4.88 Å². The molecule has 0 aliphatic carbocycles. The largest absolute Gasteiger partial charge is 0.340 e. The summed E-state index contributed by atoms with van der Waals surface area (Å²) in [5.74, 6) is -1.00. The van der Waals surface area contributed by atoms with E-state index in [2.05, 4.69) is 17.2 Å². The van der Waals surface area contributed by atoms with Crippen molar-refractivity contribution in [3.05, 3.63) is 40.1 Å². The minimum Gasteiger partial charge on any atom is -0.340 e. The van der Waals surface area contributed by atoms with E-state index in [9.17, 15) is 14.4 Å². The Balaban J connectivity index is 2.14. The van der Waals surface area contributed by atoms with Crippen molar-refractivity contribution >= 4 is 35.1 Å². The first-order valence-electron chi connectivity index (χ1n) is 7.10. The van der Waals surface area contributed by atoms with Crippen LogP contribution in [0.15, 0.2) is 24.1 Å². The van der Waals surface area contributed by atoms with Gasteiger partial charge in [-0.2, -0.15) is 0 Å². The molecule has 1 saturated heterocycles. The van der Waals surface area contributed by atoms with E-state index in [0.29, 0.717) is 11.3 Å². The molecular weight excluding hydrogens is 300 g/mol. The Morgan fingerprint density at radius 2 is 2.32 bits per heavy atom. The summed E-state index contributed by atoms with van der Waals surface area (Å²) in [4.78, 5) is 35.8. The Hall–Kier alpha value is -2.21. The number of piperidine rings is 1. The first-order chi connectivity index (χ1) is 10.6. The molecule has 0 bridgehead atoms. The van der Waals surface area contributed by atoms with Crippen LogP contribution in [0.5, 0.6) is 0 Å². The Bertz CT molecular complexity index is 646. The van der Waals surface area contributed by atoms with Gasteiger partial charge in [-0.15, -0.1) is 11.3 Å². The van der Waals surface area contributed by atoms with E-state index in [1.165, 1.54) is 11.3 Å². The molecule has 22 heavy (non-hydrogen) atoms. The second-order valence-corrected chi connectivity index (χ2v) is 5.80. The van der Waals surface area contributed by atoms with Crippen LogP contribution in [0.3, 0.4) is 0 Å². The summed E-state index contributed by atoms with van der Waals surface area (Å²) in [5.41, 5.74) is 1.94. The smallest absolute Gasteiger partial charge is 0.262 e. The molecule has 1 fully saturated rings. The summed E-state index contributed by atoms with van der Waals surface area (Å²) < 4.78 is 0. The van der Waals surface area contributed by atoms with Crippen molar-refractivity contribution in [3.63, 3.8) is 0 Å².